The summed E-state index contributed by atoms with van der Waals surface area (Å²) in [5, 5.41) is 0. The van der Waals surface area contributed by atoms with Gasteiger partial charge in [-0.05, 0) is 49.8 Å². The largest absolute Gasteiger partial charge is 0.342 e. The summed E-state index contributed by atoms with van der Waals surface area (Å²) in [5.41, 5.74) is 1.65. The molecule has 2 saturated heterocycles. The van der Waals surface area contributed by atoms with Crippen LogP contribution in [-0.2, 0) is 11.2 Å². The summed E-state index contributed by atoms with van der Waals surface area (Å²) >= 11 is 0. The topological polar surface area (TPSA) is 53.5 Å². The Morgan fingerprint density at radius 3 is 2.48 bits per heavy atom. The van der Waals surface area contributed by atoms with E-state index in [1.165, 1.54) is 0 Å². The van der Waals surface area contributed by atoms with Crippen molar-refractivity contribution in [2.24, 2.45) is 5.92 Å². The van der Waals surface area contributed by atoms with E-state index in [1.54, 1.807) is 6.20 Å². The molecule has 2 aliphatic heterocycles. The molecule has 1 aromatic rings. The van der Waals surface area contributed by atoms with E-state index in [0.29, 0.717) is 24.7 Å². The molecule has 0 spiro atoms. The zero-order valence-electron chi connectivity index (χ0n) is 13.8. The SMILES string of the molecule is CCc1ccnc(C(=O)N2CCC(C(=O)N3CCCC3)CC2)c1. The smallest absolute Gasteiger partial charge is 0.272 e. The van der Waals surface area contributed by atoms with Gasteiger partial charge in [0.05, 0.1) is 0 Å². The highest BCUT2D eigenvalue weighted by atomic mass is 16.2. The van der Waals surface area contributed by atoms with Crippen LogP contribution < -0.4 is 0 Å². The Hall–Kier alpha value is -1.91. The van der Waals surface area contributed by atoms with E-state index < -0.39 is 0 Å². The lowest BCUT2D eigenvalue weighted by Gasteiger charge is -2.33. The van der Waals surface area contributed by atoms with Crippen LogP contribution in [0.1, 0.15) is 48.7 Å². The molecule has 23 heavy (non-hydrogen) atoms. The van der Waals surface area contributed by atoms with Crippen molar-refractivity contribution in [2.75, 3.05) is 26.2 Å². The lowest BCUT2D eigenvalue weighted by molar-refractivity contribution is -0.135. The van der Waals surface area contributed by atoms with Crippen molar-refractivity contribution in [3.05, 3.63) is 29.6 Å². The molecule has 0 N–H and O–H groups in total. The van der Waals surface area contributed by atoms with Gasteiger partial charge in [0.25, 0.3) is 5.91 Å². The van der Waals surface area contributed by atoms with Gasteiger partial charge in [-0.2, -0.15) is 0 Å². The summed E-state index contributed by atoms with van der Waals surface area (Å²) < 4.78 is 0. The fraction of sp³-hybridized carbons (Fsp3) is 0.611. The first kappa shape index (κ1) is 16.0. The van der Waals surface area contributed by atoms with Gasteiger partial charge in [0.2, 0.25) is 5.91 Å². The number of carbonyl (C=O) groups excluding carboxylic acids is 2. The summed E-state index contributed by atoms with van der Waals surface area (Å²) in [6.07, 6.45) is 6.40. The number of piperidine rings is 1. The summed E-state index contributed by atoms with van der Waals surface area (Å²) in [5.74, 6) is 0.375. The van der Waals surface area contributed by atoms with Gasteiger partial charge < -0.3 is 9.80 Å². The molecule has 3 rings (SSSR count). The fourth-order valence-corrected chi connectivity index (χ4v) is 3.50. The van der Waals surface area contributed by atoms with E-state index in [1.807, 2.05) is 21.9 Å². The molecule has 2 fully saturated rings. The Bertz CT molecular complexity index is 573. The van der Waals surface area contributed by atoms with Crippen LogP contribution in [-0.4, -0.2) is 52.8 Å². The number of amides is 2. The zero-order chi connectivity index (χ0) is 16.2. The predicted octanol–water partition coefficient (Wildman–Crippen LogP) is 2.12. The maximum absolute atomic E-state index is 12.6. The van der Waals surface area contributed by atoms with Gasteiger partial charge in [-0.25, -0.2) is 0 Å². The van der Waals surface area contributed by atoms with Gasteiger partial charge in [-0.3, -0.25) is 14.6 Å². The molecular formula is C18H25N3O2. The third-order valence-electron chi connectivity index (χ3n) is 5.00. The Morgan fingerprint density at radius 2 is 1.83 bits per heavy atom. The molecule has 0 bridgehead atoms. The number of hydrogen-bond donors (Lipinski definition) is 0. The van der Waals surface area contributed by atoms with Crippen molar-refractivity contribution in [1.29, 1.82) is 0 Å². The summed E-state index contributed by atoms with van der Waals surface area (Å²) in [7, 11) is 0. The van der Waals surface area contributed by atoms with Crippen molar-refractivity contribution >= 4 is 11.8 Å². The van der Waals surface area contributed by atoms with Crippen molar-refractivity contribution in [1.82, 2.24) is 14.8 Å². The molecule has 0 saturated carbocycles. The molecule has 0 atom stereocenters. The second-order valence-electron chi connectivity index (χ2n) is 6.50. The van der Waals surface area contributed by atoms with Crippen LogP contribution in [0, 0.1) is 5.92 Å². The van der Waals surface area contributed by atoms with E-state index in [-0.39, 0.29) is 11.8 Å². The monoisotopic (exact) mass is 315 g/mol. The minimum absolute atomic E-state index is 0.00706. The van der Waals surface area contributed by atoms with Crippen molar-refractivity contribution in [2.45, 2.75) is 39.0 Å². The van der Waals surface area contributed by atoms with E-state index in [0.717, 1.165) is 50.8 Å². The average Bonchev–Trinajstić information content (AvgIpc) is 3.15. The quantitative estimate of drug-likeness (QED) is 0.858. The highest BCUT2D eigenvalue weighted by molar-refractivity contribution is 5.92. The number of likely N-dealkylation sites (tertiary alicyclic amines) is 2. The maximum Gasteiger partial charge on any atom is 0.272 e. The molecular weight excluding hydrogens is 290 g/mol. The Kier molecular flexibility index (Phi) is 4.94. The number of aryl methyl sites for hydroxylation is 1. The number of carbonyl (C=O) groups is 2. The molecule has 3 heterocycles. The van der Waals surface area contributed by atoms with Crippen LogP contribution in [0.3, 0.4) is 0 Å². The molecule has 0 radical (unpaired) electrons. The van der Waals surface area contributed by atoms with E-state index in [9.17, 15) is 9.59 Å². The van der Waals surface area contributed by atoms with Crippen molar-refractivity contribution in [3.8, 4) is 0 Å². The van der Waals surface area contributed by atoms with Crippen LogP contribution in [0.15, 0.2) is 18.3 Å². The number of aromatic nitrogens is 1. The lowest BCUT2D eigenvalue weighted by atomic mass is 9.95. The van der Waals surface area contributed by atoms with E-state index in [2.05, 4.69) is 11.9 Å². The van der Waals surface area contributed by atoms with Crippen molar-refractivity contribution < 1.29 is 9.59 Å². The van der Waals surface area contributed by atoms with E-state index in [4.69, 9.17) is 0 Å². The highest BCUT2D eigenvalue weighted by Crippen LogP contribution is 2.23. The van der Waals surface area contributed by atoms with Gasteiger partial charge in [0.15, 0.2) is 0 Å². The van der Waals surface area contributed by atoms with Crippen LogP contribution in [0.25, 0.3) is 0 Å². The Morgan fingerprint density at radius 1 is 1.13 bits per heavy atom. The first-order valence-corrected chi connectivity index (χ1v) is 8.72. The molecule has 2 amide bonds. The van der Waals surface area contributed by atoms with Gasteiger partial charge in [0, 0.05) is 38.3 Å². The lowest BCUT2D eigenvalue weighted by Crippen LogP contribution is -2.44. The summed E-state index contributed by atoms with van der Waals surface area (Å²) in [6, 6.07) is 3.82. The van der Waals surface area contributed by atoms with Gasteiger partial charge in [-0.15, -0.1) is 0 Å². The highest BCUT2D eigenvalue weighted by Gasteiger charge is 2.31. The molecule has 124 valence electrons. The Balaban J connectivity index is 1.57. The minimum Gasteiger partial charge on any atom is -0.342 e. The number of nitrogens with zero attached hydrogens (tertiary/aromatic N) is 3. The second kappa shape index (κ2) is 7.11. The molecule has 0 aromatic carbocycles. The first-order valence-electron chi connectivity index (χ1n) is 8.72. The van der Waals surface area contributed by atoms with Gasteiger partial charge >= 0.3 is 0 Å². The normalized spacial score (nSPS) is 19.2. The number of pyridine rings is 1. The third kappa shape index (κ3) is 3.54. The molecule has 1 aromatic heterocycles. The number of hydrogen-bond acceptors (Lipinski definition) is 3. The average molecular weight is 315 g/mol. The van der Waals surface area contributed by atoms with E-state index >= 15 is 0 Å². The van der Waals surface area contributed by atoms with Gasteiger partial charge in [0.1, 0.15) is 5.69 Å². The van der Waals surface area contributed by atoms with Crippen LogP contribution in [0.5, 0.6) is 0 Å². The van der Waals surface area contributed by atoms with Crippen molar-refractivity contribution in [3.63, 3.8) is 0 Å². The molecule has 5 nitrogen and oxygen atoms in total. The third-order valence-corrected chi connectivity index (χ3v) is 5.00. The van der Waals surface area contributed by atoms with Crippen LogP contribution in [0.4, 0.5) is 0 Å². The summed E-state index contributed by atoms with van der Waals surface area (Å²) in [4.78, 5) is 33.1. The van der Waals surface area contributed by atoms with Gasteiger partial charge in [-0.1, -0.05) is 6.92 Å². The second-order valence-corrected chi connectivity index (χ2v) is 6.50. The molecule has 0 aliphatic carbocycles. The van der Waals surface area contributed by atoms with Crippen LogP contribution in [0.2, 0.25) is 0 Å². The molecule has 2 aliphatic rings. The number of rotatable bonds is 3. The fourth-order valence-electron chi connectivity index (χ4n) is 3.50. The predicted molar refractivity (Wildman–Crippen MR) is 88.1 cm³/mol. The molecule has 0 unspecified atom stereocenters. The van der Waals surface area contributed by atoms with Crippen LogP contribution >= 0.6 is 0 Å². The minimum atomic E-state index is -0.00706. The maximum atomic E-state index is 12.6. The summed E-state index contributed by atoms with van der Waals surface area (Å²) in [6.45, 7) is 5.19. The zero-order valence-corrected chi connectivity index (χ0v) is 13.8. The first-order chi connectivity index (χ1) is 11.2. The Labute approximate surface area is 137 Å². The molecule has 5 heteroatoms. The standard InChI is InChI=1S/C18H25N3O2/c1-2-14-5-8-19-16(13-14)18(23)21-11-6-15(7-12-21)17(22)20-9-3-4-10-20/h5,8,13,15H,2-4,6-7,9-12H2,1H3.